The molecule has 0 aliphatic heterocycles. The van der Waals surface area contributed by atoms with Gasteiger partial charge in [-0.25, -0.2) is 4.79 Å². The molecule has 0 fully saturated rings. The van der Waals surface area contributed by atoms with Crippen LogP contribution < -0.4 is 4.90 Å². The van der Waals surface area contributed by atoms with Crippen LogP contribution in [0.3, 0.4) is 0 Å². The number of carboxylic acid groups (broad SMARTS) is 1. The molecule has 2 aromatic carbocycles. The molecule has 8 heteroatoms. The molecule has 0 spiro atoms. The maximum atomic E-state index is 12.6. The molecular formula is C22H15ClN2O5. The predicted molar refractivity (Wildman–Crippen MR) is 112 cm³/mol. The number of aromatic nitrogens is 1. The van der Waals surface area contributed by atoms with E-state index < -0.39 is 11.9 Å². The number of carbonyl (C=O) groups excluding carboxylic acids is 2. The first-order valence-electron chi connectivity index (χ1n) is 8.84. The van der Waals surface area contributed by atoms with Crippen LogP contribution in [0.1, 0.15) is 10.4 Å². The summed E-state index contributed by atoms with van der Waals surface area (Å²) in [5, 5.41) is 10.5. The molecule has 30 heavy (non-hydrogen) atoms. The molecule has 2 heterocycles. The van der Waals surface area contributed by atoms with Crippen molar-refractivity contribution in [1.29, 1.82) is 0 Å². The molecule has 4 aromatic rings. The van der Waals surface area contributed by atoms with Crippen molar-refractivity contribution in [2.24, 2.45) is 7.05 Å². The summed E-state index contributed by atoms with van der Waals surface area (Å²) in [6.45, 7) is 0. The second-order valence-electron chi connectivity index (χ2n) is 6.63. The van der Waals surface area contributed by atoms with E-state index in [-0.39, 0.29) is 22.6 Å². The molecule has 0 atom stereocenters. The Morgan fingerprint density at radius 3 is 2.57 bits per heavy atom. The number of aromatic carboxylic acids is 1. The number of carboxylic acids is 1. The topological polar surface area (TPSA) is 92.8 Å². The van der Waals surface area contributed by atoms with Crippen LogP contribution in [0.4, 0.5) is 11.4 Å². The number of hydrogen-bond acceptors (Lipinski definition) is 4. The van der Waals surface area contributed by atoms with Gasteiger partial charge in [0.15, 0.2) is 0 Å². The molecule has 0 aliphatic carbocycles. The van der Waals surface area contributed by atoms with Gasteiger partial charge in [-0.3, -0.25) is 14.5 Å². The highest BCUT2D eigenvalue weighted by molar-refractivity contribution is 6.35. The van der Waals surface area contributed by atoms with Gasteiger partial charge < -0.3 is 14.1 Å². The summed E-state index contributed by atoms with van der Waals surface area (Å²) >= 11 is 5.95. The lowest BCUT2D eigenvalue weighted by Crippen LogP contribution is -2.28. The van der Waals surface area contributed by atoms with E-state index >= 15 is 0 Å². The summed E-state index contributed by atoms with van der Waals surface area (Å²) in [5.74, 6) is -2.17. The van der Waals surface area contributed by atoms with Gasteiger partial charge in [0.2, 0.25) is 6.29 Å². The molecule has 7 nitrogen and oxygen atoms in total. The van der Waals surface area contributed by atoms with Crippen molar-refractivity contribution >= 4 is 52.0 Å². The number of halogens is 1. The van der Waals surface area contributed by atoms with E-state index in [1.165, 1.54) is 18.2 Å². The number of amides is 1. The van der Waals surface area contributed by atoms with E-state index in [9.17, 15) is 19.5 Å². The Morgan fingerprint density at radius 2 is 1.90 bits per heavy atom. The quantitative estimate of drug-likeness (QED) is 0.373. The molecule has 0 radical (unpaired) electrons. The first-order valence-corrected chi connectivity index (χ1v) is 9.22. The molecule has 0 saturated carbocycles. The average molecular weight is 423 g/mol. The van der Waals surface area contributed by atoms with Crippen LogP contribution >= 0.6 is 11.6 Å². The second-order valence-corrected chi connectivity index (χ2v) is 7.06. The Balaban J connectivity index is 1.99. The zero-order chi connectivity index (χ0) is 21.4. The number of carbonyl (C=O) groups is 3. The van der Waals surface area contributed by atoms with Gasteiger partial charge in [0.1, 0.15) is 0 Å². The minimum Gasteiger partial charge on any atom is -0.478 e. The largest absolute Gasteiger partial charge is 0.478 e. The molecule has 1 N–H and O–H groups in total. The van der Waals surface area contributed by atoms with Crippen LogP contribution in [0.15, 0.2) is 65.6 Å². The minimum atomic E-state index is -1.27. The lowest BCUT2D eigenvalue weighted by molar-refractivity contribution is -0.129. The van der Waals surface area contributed by atoms with Crippen LogP contribution in [-0.2, 0) is 16.6 Å². The Labute approximate surface area is 175 Å². The van der Waals surface area contributed by atoms with Gasteiger partial charge in [0.05, 0.1) is 29.5 Å². The van der Waals surface area contributed by atoms with Gasteiger partial charge in [-0.15, -0.1) is 0 Å². The lowest BCUT2D eigenvalue weighted by Gasteiger charge is -2.22. The van der Waals surface area contributed by atoms with Gasteiger partial charge in [-0.1, -0.05) is 17.7 Å². The number of aldehydes is 1. The Hall–Kier alpha value is -3.84. The van der Waals surface area contributed by atoms with Crippen molar-refractivity contribution in [3.8, 4) is 11.1 Å². The molecule has 0 aliphatic rings. The predicted octanol–water partition coefficient (Wildman–Crippen LogP) is 4.65. The number of nitrogens with zero attached hydrogens (tertiary/aromatic N) is 2. The molecular weight excluding hydrogens is 408 g/mol. The average Bonchev–Trinajstić information content (AvgIpc) is 3.37. The number of hydrogen-bond donors (Lipinski definition) is 1. The minimum absolute atomic E-state index is 0.0465. The lowest BCUT2D eigenvalue weighted by atomic mass is 10.1. The van der Waals surface area contributed by atoms with Gasteiger partial charge in [-0.05, 0) is 42.0 Å². The van der Waals surface area contributed by atoms with E-state index in [1.807, 2.05) is 18.2 Å². The fourth-order valence-corrected chi connectivity index (χ4v) is 3.62. The van der Waals surface area contributed by atoms with Crippen molar-refractivity contribution in [1.82, 2.24) is 4.57 Å². The van der Waals surface area contributed by atoms with Crippen molar-refractivity contribution in [3.63, 3.8) is 0 Å². The third-order valence-corrected chi connectivity index (χ3v) is 5.05. The smallest absolute Gasteiger partial charge is 0.337 e. The van der Waals surface area contributed by atoms with Gasteiger partial charge >= 0.3 is 5.97 Å². The molecule has 2 aromatic heterocycles. The number of anilines is 2. The standard InChI is InChI=1S/C22H15ClN2O5/c1-24-10-20(16-8-13(2-4-18(16)24)14-6-7-30-12-14)25(21(27)11-26)19-5-3-15(23)9-17(19)22(28)29/h2-12H,1H3,(H,28,29). The molecule has 4 rings (SSSR count). The number of fused-ring (bicyclic) bond motifs is 1. The highest BCUT2D eigenvalue weighted by atomic mass is 35.5. The molecule has 0 bridgehead atoms. The number of benzene rings is 2. The summed E-state index contributed by atoms with van der Waals surface area (Å²) in [7, 11) is 1.80. The van der Waals surface area contributed by atoms with E-state index in [0.717, 1.165) is 21.5 Å². The summed E-state index contributed by atoms with van der Waals surface area (Å²) in [5.41, 5.74) is 2.71. The number of furan rings is 1. The molecule has 1 amide bonds. The summed E-state index contributed by atoms with van der Waals surface area (Å²) < 4.78 is 6.95. The van der Waals surface area contributed by atoms with Crippen molar-refractivity contribution in [2.75, 3.05) is 4.90 Å². The number of rotatable bonds is 5. The highest BCUT2D eigenvalue weighted by Crippen LogP contribution is 2.38. The summed E-state index contributed by atoms with van der Waals surface area (Å²) in [6, 6.07) is 11.6. The fraction of sp³-hybridized carbons (Fsp3) is 0.0455. The van der Waals surface area contributed by atoms with Crippen LogP contribution in [0, 0.1) is 0 Å². The van der Waals surface area contributed by atoms with E-state index in [4.69, 9.17) is 16.0 Å². The number of aryl methyl sites for hydroxylation is 1. The van der Waals surface area contributed by atoms with Crippen molar-refractivity contribution in [3.05, 3.63) is 71.8 Å². The fourth-order valence-electron chi connectivity index (χ4n) is 3.45. The van der Waals surface area contributed by atoms with E-state index in [1.54, 1.807) is 36.4 Å². The monoisotopic (exact) mass is 422 g/mol. The molecule has 0 unspecified atom stereocenters. The zero-order valence-corrected chi connectivity index (χ0v) is 16.5. The van der Waals surface area contributed by atoms with Crippen molar-refractivity contribution < 1.29 is 23.9 Å². The van der Waals surface area contributed by atoms with Gasteiger partial charge in [-0.2, -0.15) is 0 Å². The maximum Gasteiger partial charge on any atom is 0.337 e. The maximum absolute atomic E-state index is 12.6. The Morgan fingerprint density at radius 1 is 1.10 bits per heavy atom. The summed E-state index contributed by atoms with van der Waals surface area (Å²) in [6.07, 6.45) is 4.98. The molecule has 150 valence electrons. The van der Waals surface area contributed by atoms with E-state index in [2.05, 4.69) is 0 Å². The van der Waals surface area contributed by atoms with Crippen LogP contribution in [0.2, 0.25) is 5.02 Å². The van der Waals surface area contributed by atoms with Gasteiger partial charge in [0.25, 0.3) is 5.91 Å². The van der Waals surface area contributed by atoms with Gasteiger partial charge in [0, 0.05) is 34.7 Å². The van der Waals surface area contributed by atoms with Crippen LogP contribution in [-0.4, -0.2) is 27.8 Å². The third kappa shape index (κ3) is 3.25. The Bertz CT molecular complexity index is 1290. The van der Waals surface area contributed by atoms with Crippen LogP contribution in [0.25, 0.3) is 22.0 Å². The highest BCUT2D eigenvalue weighted by Gasteiger charge is 2.26. The first kappa shape index (κ1) is 19.5. The first-order chi connectivity index (χ1) is 14.4. The summed E-state index contributed by atoms with van der Waals surface area (Å²) in [4.78, 5) is 37.0. The molecule has 0 saturated heterocycles. The van der Waals surface area contributed by atoms with Crippen LogP contribution in [0.5, 0.6) is 0 Å². The SMILES string of the molecule is Cn1cc(N(C(=O)C=O)c2ccc(Cl)cc2C(=O)O)c2cc(-c3ccoc3)ccc21. The zero-order valence-electron chi connectivity index (χ0n) is 15.7. The van der Waals surface area contributed by atoms with Crippen molar-refractivity contribution in [2.45, 2.75) is 0 Å². The van der Waals surface area contributed by atoms with E-state index in [0.29, 0.717) is 11.1 Å². The third-order valence-electron chi connectivity index (χ3n) is 4.81. The normalized spacial score (nSPS) is 10.9. The second kappa shape index (κ2) is 7.53. The Kier molecular flexibility index (Phi) is 4.89.